The van der Waals surface area contributed by atoms with Gasteiger partial charge in [-0.05, 0) is 0 Å². The van der Waals surface area contributed by atoms with Crippen molar-refractivity contribution in [2.24, 2.45) is 0 Å². The van der Waals surface area contributed by atoms with Crippen LogP contribution in [0.25, 0.3) is 0 Å². The van der Waals surface area contributed by atoms with E-state index in [-0.39, 0.29) is 22.3 Å². The van der Waals surface area contributed by atoms with Crippen LogP contribution in [0.15, 0.2) is 121 Å². The van der Waals surface area contributed by atoms with E-state index in [9.17, 15) is 39.6 Å². The van der Waals surface area contributed by atoms with Crippen LogP contribution in [0.5, 0.6) is 0 Å². The van der Waals surface area contributed by atoms with Gasteiger partial charge in [0.2, 0.25) is 0 Å². The number of hydrogen-bond donors (Lipinski definition) is 4. The number of hydrogen-bond acceptors (Lipinski definition) is 13. The predicted molar refractivity (Wildman–Crippen MR) is 163 cm³/mol. The normalized spacial score (nSPS) is 13.6. The third-order valence-electron chi connectivity index (χ3n) is 6.15. The molecule has 0 fully saturated rings. The third-order valence-corrected chi connectivity index (χ3v) is 21.4. The Kier molecular flexibility index (Phi) is 13.9. The van der Waals surface area contributed by atoms with Crippen LogP contribution in [0.3, 0.4) is 0 Å². The molecule has 15 heteroatoms. The van der Waals surface area contributed by atoms with Gasteiger partial charge in [-0.1, -0.05) is 0 Å². The fraction of sp³-hybridized carbons (Fsp3) is 0.125. The number of carbonyl (C=O) groups excluding carboxylic acids is 4. The van der Waals surface area contributed by atoms with E-state index in [1.807, 2.05) is 0 Å². The molecule has 0 aliphatic heterocycles. The second-order valence-corrected chi connectivity index (χ2v) is 21.9. The van der Waals surface area contributed by atoms with Crippen LogP contribution < -0.4 is 0 Å². The number of carbonyl (C=O) groups is 4. The first-order chi connectivity index (χ1) is 22.6. The van der Waals surface area contributed by atoms with Gasteiger partial charge in [-0.3, -0.25) is 0 Å². The summed E-state index contributed by atoms with van der Waals surface area (Å²) in [5.74, 6) is -5.20. The van der Waals surface area contributed by atoms with E-state index < -0.39 is 94.4 Å². The average molecular weight is 1040 g/mol. The van der Waals surface area contributed by atoms with Gasteiger partial charge in [-0.25, -0.2) is 0 Å². The molecule has 0 amide bonds. The van der Waals surface area contributed by atoms with E-state index in [4.69, 9.17) is 12.1 Å². The fourth-order valence-electron chi connectivity index (χ4n) is 3.74. The molecule has 0 saturated heterocycles. The summed E-state index contributed by atoms with van der Waals surface area (Å²) in [7, 11) is 0. The van der Waals surface area contributed by atoms with Crippen LogP contribution in [0.2, 0.25) is 0 Å². The van der Waals surface area contributed by atoms with Crippen LogP contribution in [0.4, 0.5) is 0 Å². The van der Waals surface area contributed by atoms with Gasteiger partial charge in [-0.15, -0.1) is 0 Å². The second kappa shape index (κ2) is 18.0. The molecule has 4 unspecified atom stereocenters. The topological polar surface area (TPSA) is 195 Å². The molecule has 244 valence electrons. The van der Waals surface area contributed by atoms with Crippen LogP contribution in [0, 0.1) is 0 Å². The Labute approximate surface area is 287 Å². The summed E-state index contributed by atoms with van der Waals surface area (Å²) in [4.78, 5) is 51.8. The van der Waals surface area contributed by atoms with Gasteiger partial charge in [-0.2, -0.15) is 0 Å². The Morgan fingerprint density at radius 3 is 0.766 bits per heavy atom. The van der Waals surface area contributed by atoms with Gasteiger partial charge in [0.1, 0.15) is 0 Å². The standard InChI is InChI=1S/4C8H8O3.2Bi.O/c4*9-7(8(10)11)6-4-2-1-3-5-6;;;/h4*1-5,7,9H,(H,10,11);;;/q;;;;2*+2;/p-4. The van der Waals surface area contributed by atoms with E-state index in [1.54, 1.807) is 72.8 Å². The minimum absolute atomic E-state index is 0.131. The van der Waals surface area contributed by atoms with Crippen LogP contribution in [-0.2, 0) is 31.3 Å². The molecule has 0 radical (unpaired) electrons. The monoisotopic (exact) mass is 1040 g/mol. The predicted octanol–water partition coefficient (Wildman–Crippen LogP) is 2.08. The van der Waals surface area contributed by atoms with Crippen molar-refractivity contribution in [3.05, 3.63) is 144 Å². The number of aliphatic hydroxyl groups is 4. The van der Waals surface area contributed by atoms with Crippen molar-refractivity contribution >= 4 is 70.0 Å². The summed E-state index contributed by atoms with van der Waals surface area (Å²) in [6.45, 7) is 0. The third kappa shape index (κ3) is 10.7. The first-order valence-electron chi connectivity index (χ1n) is 13.7. The molecule has 47 heavy (non-hydrogen) atoms. The molecule has 4 atom stereocenters. The molecule has 0 saturated carbocycles. The van der Waals surface area contributed by atoms with Crippen molar-refractivity contribution in [1.82, 2.24) is 0 Å². The van der Waals surface area contributed by atoms with Crippen LogP contribution in [-0.4, -0.2) is 90.4 Å². The van der Waals surface area contributed by atoms with Crippen molar-refractivity contribution in [3.63, 3.8) is 0 Å². The molecule has 0 aliphatic carbocycles. The van der Waals surface area contributed by atoms with Crippen molar-refractivity contribution in [3.8, 4) is 0 Å². The Balaban J connectivity index is 1.60. The minimum atomic E-state index is -5.08. The summed E-state index contributed by atoms with van der Waals surface area (Å²) in [5, 5.41) is 42.3. The van der Waals surface area contributed by atoms with Gasteiger partial charge >= 0.3 is 290 Å². The van der Waals surface area contributed by atoms with E-state index in [1.165, 1.54) is 48.5 Å². The first-order valence-corrected chi connectivity index (χ1v) is 22.2. The van der Waals surface area contributed by atoms with Crippen LogP contribution in [0.1, 0.15) is 46.7 Å². The van der Waals surface area contributed by atoms with Crippen molar-refractivity contribution in [2.75, 3.05) is 0 Å². The van der Waals surface area contributed by atoms with E-state index >= 15 is 0 Å². The summed E-state index contributed by atoms with van der Waals surface area (Å²) in [6.07, 6.45) is -7.42. The van der Waals surface area contributed by atoms with Gasteiger partial charge < -0.3 is 0 Å². The summed E-state index contributed by atoms with van der Waals surface area (Å²) < 4.78 is 26.8. The molecule has 0 aliphatic rings. The summed E-state index contributed by atoms with van der Waals surface area (Å²) in [6, 6.07) is 30.5. The fourth-order valence-corrected chi connectivity index (χ4v) is 17.1. The zero-order valence-corrected chi connectivity index (χ0v) is 31.2. The molecule has 0 heterocycles. The number of benzene rings is 4. The molecule has 4 aromatic rings. The molecule has 0 aromatic heterocycles. The van der Waals surface area contributed by atoms with Crippen LogP contribution >= 0.6 is 0 Å². The van der Waals surface area contributed by atoms with Crippen molar-refractivity contribution < 1.29 is 51.7 Å². The molecule has 4 aromatic carbocycles. The van der Waals surface area contributed by atoms with Crippen molar-refractivity contribution in [1.29, 1.82) is 0 Å². The molecule has 4 rings (SSSR count). The Morgan fingerprint density at radius 1 is 0.383 bits per heavy atom. The van der Waals surface area contributed by atoms with Gasteiger partial charge in [0, 0.05) is 0 Å². The van der Waals surface area contributed by atoms with Gasteiger partial charge in [0.05, 0.1) is 0 Å². The van der Waals surface area contributed by atoms with Gasteiger partial charge in [0.25, 0.3) is 0 Å². The maximum atomic E-state index is 13.0. The Morgan fingerprint density at radius 2 is 0.574 bits per heavy atom. The number of rotatable bonds is 14. The van der Waals surface area contributed by atoms with Gasteiger partial charge in [0.15, 0.2) is 0 Å². The SMILES string of the molecule is O=C([O][Bi]([O]C(=O)C(O)c1ccccc1)[O][Bi]([O]C(=O)C(O)c1ccccc1)[O]C(=O)C(O)c1ccccc1)C(O)c1ccccc1. The first kappa shape index (κ1) is 36.2. The second-order valence-electron chi connectivity index (χ2n) is 9.42. The van der Waals surface area contributed by atoms with Crippen molar-refractivity contribution in [2.45, 2.75) is 24.4 Å². The summed E-state index contributed by atoms with van der Waals surface area (Å²) in [5.41, 5.74) is 0.524. The molecule has 13 nitrogen and oxygen atoms in total. The summed E-state index contributed by atoms with van der Waals surface area (Å²) >= 11 is -10.2. The van der Waals surface area contributed by atoms with E-state index in [0.717, 1.165) is 0 Å². The Hall–Kier alpha value is -3.67. The molecule has 0 bridgehead atoms. The zero-order valence-electron chi connectivity index (χ0n) is 24.2. The Bertz CT molecular complexity index is 1370. The zero-order chi connectivity index (χ0) is 33.8. The molecular weight excluding hydrogens is 1010 g/mol. The average Bonchev–Trinajstić information content (AvgIpc) is 3.11. The molecule has 0 spiro atoms. The number of aliphatic hydroxyl groups excluding tert-OH is 4. The quantitative estimate of drug-likeness (QED) is 0.134. The van der Waals surface area contributed by atoms with E-state index in [0.29, 0.717) is 0 Å². The molecule has 4 N–H and O–H groups in total. The maximum absolute atomic E-state index is 13.0. The molecular formula is C32H28Bi2O13. The van der Waals surface area contributed by atoms with E-state index in [2.05, 4.69) is 0 Å².